The third-order valence-electron chi connectivity index (χ3n) is 4.83. The summed E-state index contributed by atoms with van der Waals surface area (Å²) in [4.78, 5) is 0. The van der Waals surface area contributed by atoms with Gasteiger partial charge in [0.05, 0.1) is 12.1 Å². The van der Waals surface area contributed by atoms with Crippen LogP contribution in [0.3, 0.4) is 0 Å². The molecule has 0 aliphatic heterocycles. The lowest BCUT2D eigenvalue weighted by molar-refractivity contribution is 0.150. The Balaban J connectivity index is 2.15. The van der Waals surface area contributed by atoms with Gasteiger partial charge in [0.25, 0.3) is 0 Å². The number of hydrogen-bond acceptors (Lipinski definition) is 2. The number of aliphatic hydroxyl groups excluding tert-OH is 1. The van der Waals surface area contributed by atoms with Crippen molar-refractivity contribution in [1.82, 2.24) is 5.32 Å². The summed E-state index contributed by atoms with van der Waals surface area (Å²) >= 11 is 0. The van der Waals surface area contributed by atoms with Gasteiger partial charge in [-0.2, -0.15) is 0 Å². The molecule has 0 saturated heterocycles. The van der Waals surface area contributed by atoms with Crippen LogP contribution in [0.1, 0.15) is 70.9 Å². The second-order valence-corrected chi connectivity index (χ2v) is 7.80. The van der Waals surface area contributed by atoms with E-state index in [1.54, 1.807) is 0 Å². The molecule has 0 aromatic heterocycles. The second kappa shape index (κ2) is 6.50. The maximum Gasteiger partial charge on any atom is 0.0652 e. The highest BCUT2D eigenvalue weighted by atomic mass is 16.3. The minimum absolute atomic E-state index is 0.137. The highest BCUT2D eigenvalue weighted by Crippen LogP contribution is 2.28. The smallest absolute Gasteiger partial charge is 0.0652 e. The molecule has 2 rings (SSSR count). The van der Waals surface area contributed by atoms with E-state index in [0.29, 0.717) is 6.04 Å². The monoisotopic (exact) mass is 289 g/mol. The van der Waals surface area contributed by atoms with Crippen molar-refractivity contribution < 1.29 is 5.11 Å². The van der Waals surface area contributed by atoms with E-state index in [1.165, 1.54) is 43.2 Å². The molecule has 2 nitrogen and oxygen atoms in total. The topological polar surface area (TPSA) is 32.3 Å². The third kappa shape index (κ3) is 4.08. The van der Waals surface area contributed by atoms with Gasteiger partial charge in [-0.15, -0.1) is 0 Å². The Kier molecular flexibility index (Phi) is 5.11. The normalized spacial score (nSPS) is 20.2. The van der Waals surface area contributed by atoms with E-state index in [-0.39, 0.29) is 17.6 Å². The first kappa shape index (κ1) is 16.5. The van der Waals surface area contributed by atoms with Crippen LogP contribution in [0, 0.1) is 0 Å². The van der Waals surface area contributed by atoms with Crippen LogP contribution in [0.25, 0.3) is 0 Å². The Morgan fingerprint density at radius 2 is 1.48 bits per heavy atom. The van der Waals surface area contributed by atoms with Crippen LogP contribution >= 0.6 is 0 Å². The van der Waals surface area contributed by atoms with E-state index in [2.05, 4.69) is 57.3 Å². The molecule has 2 N–H and O–H groups in total. The first-order valence-corrected chi connectivity index (χ1v) is 8.35. The predicted molar refractivity (Wildman–Crippen MR) is 89.6 cm³/mol. The molecule has 0 amide bonds. The third-order valence-corrected chi connectivity index (χ3v) is 4.83. The summed E-state index contributed by atoms with van der Waals surface area (Å²) in [5.74, 6) is 0. The number of aliphatic hydroxyl groups is 1. The molecule has 1 aromatic rings. The predicted octanol–water partition coefficient (Wildman–Crippen LogP) is 4.11. The Hall–Kier alpha value is -0.860. The van der Waals surface area contributed by atoms with Crippen molar-refractivity contribution in [3.63, 3.8) is 0 Å². The van der Waals surface area contributed by atoms with Gasteiger partial charge in [-0.05, 0) is 36.3 Å². The molecule has 1 atom stereocenters. The maximum atomic E-state index is 9.94. The second-order valence-electron chi connectivity index (χ2n) is 7.80. The molecule has 21 heavy (non-hydrogen) atoms. The summed E-state index contributed by atoms with van der Waals surface area (Å²) in [6, 6.07) is 9.29. The van der Waals surface area contributed by atoms with Gasteiger partial charge in [0.1, 0.15) is 0 Å². The van der Waals surface area contributed by atoms with Crippen LogP contribution in [0.2, 0.25) is 0 Å². The highest BCUT2D eigenvalue weighted by Gasteiger charge is 2.29. The molecule has 1 aliphatic carbocycles. The van der Waals surface area contributed by atoms with Gasteiger partial charge in [-0.1, -0.05) is 64.3 Å². The molecular weight excluding hydrogens is 258 g/mol. The number of hydrogen-bond donors (Lipinski definition) is 2. The van der Waals surface area contributed by atoms with Gasteiger partial charge >= 0.3 is 0 Å². The van der Waals surface area contributed by atoms with Crippen molar-refractivity contribution in [1.29, 1.82) is 0 Å². The minimum Gasteiger partial charge on any atom is -0.394 e. The lowest BCUT2D eigenvalue weighted by Gasteiger charge is -2.36. The molecule has 0 spiro atoms. The molecule has 1 aromatic carbocycles. The minimum atomic E-state index is -0.335. The van der Waals surface area contributed by atoms with Crippen LogP contribution in [0.4, 0.5) is 0 Å². The van der Waals surface area contributed by atoms with E-state index >= 15 is 0 Å². The van der Waals surface area contributed by atoms with Gasteiger partial charge < -0.3 is 10.4 Å². The fraction of sp³-hybridized carbons (Fsp3) is 0.684. The van der Waals surface area contributed by atoms with Gasteiger partial charge in [-0.25, -0.2) is 0 Å². The van der Waals surface area contributed by atoms with Crippen molar-refractivity contribution in [3.05, 3.63) is 35.4 Å². The molecule has 0 bridgehead atoms. The zero-order valence-corrected chi connectivity index (χ0v) is 14.1. The SMILES string of the molecule is CC(C)(C)c1ccc(C(C)(CO)NC2CCCCC2)cc1. The van der Waals surface area contributed by atoms with Crippen molar-refractivity contribution in [2.75, 3.05) is 6.61 Å². The van der Waals surface area contributed by atoms with Gasteiger partial charge in [0.15, 0.2) is 0 Å². The van der Waals surface area contributed by atoms with E-state index in [9.17, 15) is 5.11 Å². The summed E-state index contributed by atoms with van der Waals surface area (Å²) < 4.78 is 0. The average Bonchev–Trinajstić information content (AvgIpc) is 2.47. The summed E-state index contributed by atoms with van der Waals surface area (Å²) in [5, 5.41) is 13.6. The van der Waals surface area contributed by atoms with Crippen LogP contribution in [-0.2, 0) is 11.0 Å². The van der Waals surface area contributed by atoms with Crippen LogP contribution in [0.5, 0.6) is 0 Å². The Bertz CT molecular complexity index is 440. The molecule has 2 heteroatoms. The van der Waals surface area contributed by atoms with Crippen LogP contribution in [0.15, 0.2) is 24.3 Å². The summed E-state index contributed by atoms with van der Waals surface area (Å²) in [7, 11) is 0. The van der Waals surface area contributed by atoms with Gasteiger partial charge in [0.2, 0.25) is 0 Å². The molecule has 0 radical (unpaired) electrons. The molecule has 1 fully saturated rings. The molecule has 0 heterocycles. The maximum absolute atomic E-state index is 9.94. The van der Waals surface area contributed by atoms with E-state index < -0.39 is 0 Å². The van der Waals surface area contributed by atoms with Gasteiger partial charge in [0, 0.05) is 6.04 Å². The lowest BCUT2D eigenvalue weighted by atomic mass is 9.83. The van der Waals surface area contributed by atoms with Crippen molar-refractivity contribution in [2.24, 2.45) is 0 Å². The summed E-state index contributed by atoms with van der Waals surface area (Å²) in [6.45, 7) is 8.95. The van der Waals surface area contributed by atoms with Crippen LogP contribution in [-0.4, -0.2) is 17.8 Å². The molecule has 118 valence electrons. The molecule has 1 saturated carbocycles. The fourth-order valence-electron chi connectivity index (χ4n) is 3.26. The zero-order valence-electron chi connectivity index (χ0n) is 14.1. The largest absolute Gasteiger partial charge is 0.394 e. The molecule has 1 unspecified atom stereocenters. The summed E-state index contributed by atoms with van der Waals surface area (Å²) in [6.07, 6.45) is 6.43. The van der Waals surface area contributed by atoms with Crippen molar-refractivity contribution in [3.8, 4) is 0 Å². The number of benzene rings is 1. The number of rotatable bonds is 4. The first-order valence-electron chi connectivity index (χ1n) is 8.35. The van der Waals surface area contributed by atoms with Crippen LogP contribution < -0.4 is 5.32 Å². The quantitative estimate of drug-likeness (QED) is 0.874. The first-order chi connectivity index (χ1) is 9.85. The van der Waals surface area contributed by atoms with E-state index in [0.717, 1.165) is 0 Å². The fourth-order valence-corrected chi connectivity index (χ4v) is 3.26. The zero-order chi connectivity index (χ0) is 15.5. The van der Waals surface area contributed by atoms with Gasteiger partial charge in [-0.3, -0.25) is 0 Å². The standard InChI is InChI=1S/C19H31NO/c1-18(2,3)15-10-12-16(13-11-15)19(4,14-21)20-17-8-6-5-7-9-17/h10-13,17,20-21H,5-9,14H2,1-4H3. The Morgan fingerprint density at radius 1 is 0.952 bits per heavy atom. The molecular formula is C19H31NO. The van der Waals surface area contributed by atoms with Crippen molar-refractivity contribution >= 4 is 0 Å². The average molecular weight is 289 g/mol. The number of nitrogens with one attached hydrogen (secondary N) is 1. The highest BCUT2D eigenvalue weighted by molar-refractivity contribution is 5.31. The van der Waals surface area contributed by atoms with Crippen molar-refractivity contribution in [2.45, 2.75) is 76.8 Å². The summed E-state index contributed by atoms with van der Waals surface area (Å²) in [5.41, 5.74) is 2.36. The van der Waals surface area contributed by atoms with E-state index in [1.807, 2.05) is 0 Å². The molecule has 1 aliphatic rings. The Morgan fingerprint density at radius 3 is 1.95 bits per heavy atom. The lowest BCUT2D eigenvalue weighted by Crippen LogP contribution is -2.49. The Labute approximate surface area is 130 Å². The van der Waals surface area contributed by atoms with E-state index in [4.69, 9.17) is 0 Å².